The Morgan fingerprint density at radius 1 is 1.26 bits per heavy atom. The van der Waals surface area contributed by atoms with Crippen molar-refractivity contribution in [2.24, 2.45) is 4.99 Å². The Balaban J connectivity index is 0.00000324. The smallest absolute Gasteiger partial charge is 0.191 e. The van der Waals surface area contributed by atoms with E-state index in [2.05, 4.69) is 34.7 Å². The molecule has 0 radical (unpaired) electrons. The number of methoxy groups -OCH3 is 1. The topological polar surface area (TPSA) is 45.7 Å². The molecule has 5 heteroatoms. The van der Waals surface area contributed by atoms with Crippen LogP contribution in [0.3, 0.4) is 0 Å². The number of hydrogen-bond donors (Lipinski definition) is 2. The standard InChI is InChI=1S/C14H27N3O.HI/c1-3-15-14(17-13-9-5-6-10-13)16-11-7-4-8-12-18-2;/h5-6,13H,3-4,7-12H2,1-2H3,(H2,15,16,17);1H. The summed E-state index contributed by atoms with van der Waals surface area (Å²) in [6.45, 7) is 4.76. The quantitative estimate of drug-likeness (QED) is 0.223. The van der Waals surface area contributed by atoms with Crippen molar-refractivity contribution in [3.05, 3.63) is 12.2 Å². The Morgan fingerprint density at radius 2 is 2.00 bits per heavy atom. The molecule has 0 aromatic carbocycles. The van der Waals surface area contributed by atoms with E-state index in [4.69, 9.17) is 4.74 Å². The molecule has 112 valence electrons. The average molecular weight is 381 g/mol. The second kappa shape index (κ2) is 12.7. The minimum Gasteiger partial charge on any atom is -0.385 e. The van der Waals surface area contributed by atoms with E-state index in [1.807, 2.05) is 0 Å². The van der Waals surface area contributed by atoms with Gasteiger partial charge in [-0.25, -0.2) is 0 Å². The van der Waals surface area contributed by atoms with Gasteiger partial charge in [0.25, 0.3) is 0 Å². The number of nitrogens with one attached hydrogen (secondary N) is 2. The molecule has 0 amide bonds. The molecule has 19 heavy (non-hydrogen) atoms. The van der Waals surface area contributed by atoms with Crippen molar-refractivity contribution < 1.29 is 4.74 Å². The van der Waals surface area contributed by atoms with Crippen LogP contribution in [0.1, 0.15) is 39.0 Å². The number of halogens is 1. The summed E-state index contributed by atoms with van der Waals surface area (Å²) in [4.78, 5) is 4.60. The van der Waals surface area contributed by atoms with E-state index >= 15 is 0 Å². The molecule has 0 spiro atoms. The van der Waals surface area contributed by atoms with Crippen molar-refractivity contribution in [1.82, 2.24) is 10.6 Å². The maximum Gasteiger partial charge on any atom is 0.191 e. The number of ether oxygens (including phenoxy) is 1. The van der Waals surface area contributed by atoms with Gasteiger partial charge in [0.1, 0.15) is 0 Å². The van der Waals surface area contributed by atoms with Gasteiger partial charge in [0.15, 0.2) is 5.96 Å². The van der Waals surface area contributed by atoms with Crippen molar-refractivity contribution in [1.29, 1.82) is 0 Å². The number of rotatable bonds is 8. The molecule has 0 aromatic heterocycles. The highest BCUT2D eigenvalue weighted by molar-refractivity contribution is 14.0. The molecule has 1 aliphatic rings. The first-order chi connectivity index (χ1) is 8.86. The Morgan fingerprint density at radius 3 is 2.63 bits per heavy atom. The number of hydrogen-bond acceptors (Lipinski definition) is 2. The second-order valence-electron chi connectivity index (χ2n) is 4.60. The van der Waals surface area contributed by atoms with E-state index < -0.39 is 0 Å². The summed E-state index contributed by atoms with van der Waals surface area (Å²) in [7, 11) is 1.75. The molecule has 0 aromatic rings. The second-order valence-corrected chi connectivity index (χ2v) is 4.60. The summed E-state index contributed by atoms with van der Waals surface area (Å²) < 4.78 is 5.03. The minimum atomic E-state index is 0. The first-order valence-electron chi connectivity index (χ1n) is 7.05. The lowest BCUT2D eigenvalue weighted by atomic mass is 10.2. The first-order valence-corrected chi connectivity index (χ1v) is 7.05. The van der Waals surface area contributed by atoms with E-state index in [0.717, 1.165) is 51.3 Å². The lowest BCUT2D eigenvalue weighted by Gasteiger charge is -2.16. The van der Waals surface area contributed by atoms with Gasteiger partial charge in [0.2, 0.25) is 0 Å². The van der Waals surface area contributed by atoms with Gasteiger partial charge in [0.05, 0.1) is 0 Å². The molecule has 1 rings (SSSR count). The van der Waals surface area contributed by atoms with Crippen LogP contribution >= 0.6 is 24.0 Å². The molecule has 0 atom stereocenters. The molecule has 0 heterocycles. The van der Waals surface area contributed by atoms with E-state index in [-0.39, 0.29) is 24.0 Å². The average Bonchev–Trinajstić information content (AvgIpc) is 2.86. The van der Waals surface area contributed by atoms with Gasteiger partial charge in [0, 0.05) is 32.8 Å². The zero-order chi connectivity index (χ0) is 13.1. The third kappa shape index (κ3) is 9.27. The predicted octanol–water partition coefficient (Wildman–Crippen LogP) is 2.69. The third-order valence-corrected chi connectivity index (χ3v) is 2.97. The summed E-state index contributed by atoms with van der Waals surface area (Å²) >= 11 is 0. The van der Waals surface area contributed by atoms with Gasteiger partial charge in [-0.2, -0.15) is 0 Å². The van der Waals surface area contributed by atoms with Gasteiger partial charge in [-0.3, -0.25) is 4.99 Å². The van der Waals surface area contributed by atoms with E-state index in [1.54, 1.807) is 7.11 Å². The molecule has 0 aliphatic heterocycles. The van der Waals surface area contributed by atoms with Gasteiger partial charge in [-0.1, -0.05) is 12.2 Å². The minimum absolute atomic E-state index is 0. The molecular formula is C14H28IN3O. The molecular weight excluding hydrogens is 353 g/mol. The maximum atomic E-state index is 5.03. The van der Waals surface area contributed by atoms with Crippen LogP contribution in [0.2, 0.25) is 0 Å². The summed E-state index contributed by atoms with van der Waals surface area (Å²) in [5.74, 6) is 0.956. The molecule has 2 N–H and O–H groups in total. The molecule has 0 saturated heterocycles. The molecule has 0 unspecified atom stereocenters. The normalized spacial score (nSPS) is 15.4. The maximum absolute atomic E-state index is 5.03. The number of guanidine groups is 1. The van der Waals surface area contributed by atoms with Gasteiger partial charge >= 0.3 is 0 Å². The Bertz CT molecular complexity index is 261. The van der Waals surface area contributed by atoms with E-state index in [0.29, 0.717) is 6.04 Å². The van der Waals surface area contributed by atoms with E-state index in [1.165, 1.54) is 6.42 Å². The summed E-state index contributed by atoms with van der Waals surface area (Å²) in [5.41, 5.74) is 0. The van der Waals surface area contributed by atoms with Gasteiger partial charge in [-0.05, 0) is 39.0 Å². The highest BCUT2D eigenvalue weighted by Gasteiger charge is 2.10. The monoisotopic (exact) mass is 381 g/mol. The van der Waals surface area contributed by atoms with Crippen molar-refractivity contribution in [3.8, 4) is 0 Å². The zero-order valence-electron chi connectivity index (χ0n) is 12.2. The number of unbranched alkanes of at least 4 members (excludes halogenated alkanes) is 2. The Hall–Kier alpha value is -0.300. The van der Waals surface area contributed by atoms with Crippen molar-refractivity contribution in [2.45, 2.75) is 45.1 Å². The third-order valence-electron chi connectivity index (χ3n) is 2.97. The van der Waals surface area contributed by atoms with Gasteiger partial charge in [-0.15, -0.1) is 24.0 Å². The van der Waals surface area contributed by atoms with Crippen LogP contribution < -0.4 is 10.6 Å². The van der Waals surface area contributed by atoms with Crippen LogP contribution in [-0.2, 0) is 4.74 Å². The van der Waals surface area contributed by atoms with Crippen molar-refractivity contribution in [2.75, 3.05) is 26.8 Å². The van der Waals surface area contributed by atoms with E-state index in [9.17, 15) is 0 Å². The highest BCUT2D eigenvalue weighted by Crippen LogP contribution is 2.08. The predicted molar refractivity (Wildman–Crippen MR) is 92.4 cm³/mol. The van der Waals surface area contributed by atoms with Crippen LogP contribution in [0, 0.1) is 0 Å². The first kappa shape index (κ1) is 18.7. The Labute approximate surface area is 134 Å². The van der Waals surface area contributed by atoms with Crippen molar-refractivity contribution in [3.63, 3.8) is 0 Å². The van der Waals surface area contributed by atoms with Gasteiger partial charge < -0.3 is 15.4 Å². The zero-order valence-corrected chi connectivity index (χ0v) is 14.5. The summed E-state index contributed by atoms with van der Waals surface area (Å²) in [6, 6.07) is 0.524. The van der Waals surface area contributed by atoms with Crippen LogP contribution in [-0.4, -0.2) is 38.8 Å². The van der Waals surface area contributed by atoms with Crippen LogP contribution in [0.15, 0.2) is 17.1 Å². The summed E-state index contributed by atoms with van der Waals surface area (Å²) in [6.07, 6.45) is 10.1. The molecule has 0 bridgehead atoms. The fraction of sp³-hybridized carbons (Fsp3) is 0.786. The number of aliphatic imine (C=N–C) groups is 1. The summed E-state index contributed by atoms with van der Waals surface area (Å²) in [5, 5.41) is 6.77. The molecule has 0 fully saturated rings. The Kier molecular flexibility index (Phi) is 12.5. The number of nitrogens with zero attached hydrogens (tertiary/aromatic N) is 1. The molecule has 1 aliphatic carbocycles. The van der Waals surface area contributed by atoms with Crippen LogP contribution in [0.4, 0.5) is 0 Å². The fourth-order valence-electron chi connectivity index (χ4n) is 1.97. The van der Waals surface area contributed by atoms with Crippen LogP contribution in [0.5, 0.6) is 0 Å². The molecule has 4 nitrogen and oxygen atoms in total. The lowest BCUT2D eigenvalue weighted by molar-refractivity contribution is 0.192. The van der Waals surface area contributed by atoms with Crippen molar-refractivity contribution >= 4 is 29.9 Å². The SMILES string of the molecule is CCNC(=NCCCCCOC)NC1CC=CC1.I. The fourth-order valence-corrected chi connectivity index (χ4v) is 1.97. The van der Waals surface area contributed by atoms with Crippen LogP contribution in [0.25, 0.3) is 0 Å². The lowest BCUT2D eigenvalue weighted by Crippen LogP contribution is -2.42. The molecule has 0 saturated carbocycles. The largest absolute Gasteiger partial charge is 0.385 e. The highest BCUT2D eigenvalue weighted by atomic mass is 127.